The number of hydrogen-bond acceptors (Lipinski definition) is 9. The van der Waals surface area contributed by atoms with Crippen LogP contribution in [-0.2, 0) is 4.74 Å². The highest BCUT2D eigenvalue weighted by Gasteiger charge is 2.24. The van der Waals surface area contributed by atoms with Crippen LogP contribution in [0.3, 0.4) is 0 Å². The second-order valence-electron chi connectivity index (χ2n) is 8.62. The third-order valence-corrected chi connectivity index (χ3v) is 7.36. The van der Waals surface area contributed by atoms with E-state index < -0.39 is 11.8 Å². The summed E-state index contributed by atoms with van der Waals surface area (Å²) >= 11 is 1.16. The number of methoxy groups -OCH3 is 1. The average molecular weight is 535 g/mol. The van der Waals surface area contributed by atoms with Crippen molar-refractivity contribution < 1.29 is 18.3 Å². The highest BCUT2D eigenvalue weighted by Crippen LogP contribution is 2.40. The van der Waals surface area contributed by atoms with E-state index in [-0.39, 0.29) is 17.0 Å². The third-order valence-electron chi connectivity index (χ3n) is 6.38. The van der Waals surface area contributed by atoms with E-state index in [4.69, 9.17) is 9.72 Å². The predicted molar refractivity (Wildman–Crippen MR) is 143 cm³/mol. The quantitative estimate of drug-likeness (QED) is 0.351. The molecule has 11 heteroatoms. The Morgan fingerprint density at radius 1 is 1.18 bits per heavy atom. The van der Waals surface area contributed by atoms with Crippen LogP contribution >= 0.6 is 11.3 Å². The van der Waals surface area contributed by atoms with Crippen LogP contribution in [0.1, 0.15) is 22.3 Å². The van der Waals surface area contributed by atoms with Gasteiger partial charge in [-0.05, 0) is 49.4 Å². The number of rotatable bonds is 6. The Kier molecular flexibility index (Phi) is 7.18. The minimum atomic E-state index is -0.696. The van der Waals surface area contributed by atoms with E-state index in [9.17, 15) is 14.4 Å². The molecule has 5 rings (SSSR count). The fourth-order valence-electron chi connectivity index (χ4n) is 4.50. The topological polar surface area (TPSA) is 94.4 Å². The van der Waals surface area contributed by atoms with Crippen molar-refractivity contribution in [3.05, 3.63) is 64.7 Å². The van der Waals surface area contributed by atoms with Gasteiger partial charge in [-0.1, -0.05) is 11.3 Å². The largest absolute Gasteiger partial charge is 0.464 e. The maximum Gasteiger partial charge on any atom is 0.356 e. The molecule has 38 heavy (non-hydrogen) atoms. The molecule has 1 fully saturated rings. The number of fused-ring (bicyclic) bond motifs is 1. The lowest BCUT2D eigenvalue weighted by atomic mass is 10.1. The summed E-state index contributed by atoms with van der Waals surface area (Å²) in [6.07, 6.45) is 0. The molecule has 0 aliphatic carbocycles. The number of nitrogens with zero attached hydrogens (tertiary/aromatic N) is 5. The van der Waals surface area contributed by atoms with Gasteiger partial charge in [-0.3, -0.25) is 0 Å². The van der Waals surface area contributed by atoms with Gasteiger partial charge >= 0.3 is 5.97 Å². The summed E-state index contributed by atoms with van der Waals surface area (Å²) in [5.74, 6) is -1.64. The summed E-state index contributed by atoms with van der Waals surface area (Å²) in [6.45, 7) is 5.33. The van der Waals surface area contributed by atoms with Gasteiger partial charge in [-0.15, -0.1) is 0 Å². The van der Waals surface area contributed by atoms with Crippen LogP contribution < -0.4 is 15.1 Å². The Morgan fingerprint density at radius 3 is 2.58 bits per heavy atom. The predicted octanol–water partition coefficient (Wildman–Crippen LogP) is 4.86. The van der Waals surface area contributed by atoms with Crippen LogP contribution in [0.4, 0.5) is 25.3 Å². The van der Waals surface area contributed by atoms with Crippen molar-refractivity contribution in [2.24, 2.45) is 0 Å². The first-order valence-electron chi connectivity index (χ1n) is 12.1. The smallest absolute Gasteiger partial charge is 0.356 e. The van der Waals surface area contributed by atoms with Gasteiger partial charge in [-0.25, -0.2) is 23.5 Å². The first kappa shape index (κ1) is 25.5. The van der Waals surface area contributed by atoms with Gasteiger partial charge in [-0.2, -0.15) is 5.26 Å². The molecular weight excluding hydrogens is 510 g/mol. The number of hydrogen-bond donors (Lipinski definition) is 1. The second kappa shape index (κ2) is 10.7. The van der Waals surface area contributed by atoms with Crippen molar-refractivity contribution >= 4 is 44.7 Å². The Labute approximate surface area is 222 Å². The Balaban J connectivity index is 1.70. The molecule has 1 saturated heterocycles. The van der Waals surface area contributed by atoms with E-state index in [1.807, 2.05) is 17.9 Å². The number of thiazole rings is 1. The van der Waals surface area contributed by atoms with Crippen molar-refractivity contribution in [1.82, 2.24) is 15.3 Å². The van der Waals surface area contributed by atoms with Gasteiger partial charge in [0.15, 0.2) is 16.6 Å². The van der Waals surface area contributed by atoms with Crippen LogP contribution in [0.2, 0.25) is 0 Å². The lowest BCUT2D eigenvalue weighted by Crippen LogP contribution is -2.43. The van der Waals surface area contributed by atoms with Crippen LogP contribution in [0.25, 0.3) is 22.2 Å². The number of carbonyl (C=O) groups is 1. The van der Waals surface area contributed by atoms with Crippen molar-refractivity contribution in [3.8, 4) is 17.3 Å². The summed E-state index contributed by atoms with van der Waals surface area (Å²) in [7, 11) is 1.24. The molecule has 194 valence electrons. The van der Waals surface area contributed by atoms with Crippen LogP contribution in [-0.4, -0.2) is 55.8 Å². The fourth-order valence-corrected chi connectivity index (χ4v) is 5.47. The molecule has 0 radical (unpaired) electrons. The van der Waals surface area contributed by atoms with Gasteiger partial charge in [0, 0.05) is 49.4 Å². The lowest BCUT2D eigenvalue weighted by Gasteiger charge is -2.30. The number of benzene rings is 2. The molecule has 1 aliphatic rings. The second-order valence-corrected chi connectivity index (χ2v) is 9.59. The highest BCUT2D eigenvalue weighted by atomic mass is 32.1. The summed E-state index contributed by atoms with van der Waals surface area (Å²) in [5, 5.41) is 14.1. The standard InChI is InChI=1S/C27H24F2N6O2S/c1-3-35(27-33-24(23(15-30)38-27)16-4-6-17(28)7-5-16)22-14-21(26(36)37-2)32-25-19(22)12-18(13-20(25)29)34-10-8-31-9-11-34/h4-7,12-14,31H,3,8-11H2,1-2H3. The SMILES string of the molecule is CCN(c1nc(-c2ccc(F)cc2)c(C#N)s1)c1cc(C(=O)OC)nc2c(F)cc(N3CCNCC3)cc12. The number of piperazine rings is 1. The molecule has 3 heterocycles. The van der Waals surface area contributed by atoms with Gasteiger partial charge < -0.3 is 19.9 Å². The van der Waals surface area contributed by atoms with Crippen molar-refractivity contribution in [2.75, 3.05) is 49.6 Å². The molecule has 4 aromatic rings. The molecule has 0 spiro atoms. The van der Waals surface area contributed by atoms with E-state index in [2.05, 4.69) is 21.3 Å². The maximum absolute atomic E-state index is 15.5. The first-order chi connectivity index (χ1) is 18.4. The van der Waals surface area contributed by atoms with E-state index in [1.54, 1.807) is 18.2 Å². The summed E-state index contributed by atoms with van der Waals surface area (Å²) < 4.78 is 33.9. The number of nitrogens with one attached hydrogen (secondary N) is 1. The van der Waals surface area contributed by atoms with Gasteiger partial charge in [0.05, 0.1) is 12.8 Å². The summed E-state index contributed by atoms with van der Waals surface area (Å²) in [6, 6.07) is 12.8. The number of anilines is 3. The molecular formula is C27H24F2N6O2S. The van der Waals surface area contributed by atoms with Gasteiger partial charge in [0.25, 0.3) is 0 Å². The Bertz CT molecular complexity index is 1540. The van der Waals surface area contributed by atoms with E-state index in [0.29, 0.717) is 44.6 Å². The van der Waals surface area contributed by atoms with Crippen molar-refractivity contribution in [1.29, 1.82) is 5.26 Å². The number of halogens is 2. The molecule has 0 saturated carbocycles. The summed E-state index contributed by atoms with van der Waals surface area (Å²) in [5.41, 5.74) is 2.24. The maximum atomic E-state index is 15.5. The molecule has 2 aromatic heterocycles. The molecule has 0 atom stereocenters. The molecule has 0 unspecified atom stereocenters. The number of pyridine rings is 1. The number of carbonyl (C=O) groups excluding carboxylic acids is 1. The molecule has 1 N–H and O–H groups in total. The average Bonchev–Trinajstić information content (AvgIpc) is 3.38. The fraction of sp³-hybridized carbons (Fsp3) is 0.259. The Hall–Kier alpha value is -4.14. The van der Waals surface area contributed by atoms with Crippen LogP contribution in [0, 0.1) is 23.0 Å². The third kappa shape index (κ3) is 4.76. The summed E-state index contributed by atoms with van der Waals surface area (Å²) in [4.78, 5) is 25.7. The molecule has 8 nitrogen and oxygen atoms in total. The van der Waals surface area contributed by atoms with Crippen molar-refractivity contribution in [3.63, 3.8) is 0 Å². The van der Waals surface area contributed by atoms with Gasteiger partial charge in [0.2, 0.25) is 0 Å². The highest BCUT2D eigenvalue weighted by molar-refractivity contribution is 7.16. The van der Waals surface area contributed by atoms with Crippen LogP contribution in [0.15, 0.2) is 42.5 Å². The monoisotopic (exact) mass is 534 g/mol. The zero-order valence-electron chi connectivity index (χ0n) is 20.8. The number of esters is 1. The normalized spacial score (nSPS) is 13.4. The lowest BCUT2D eigenvalue weighted by molar-refractivity contribution is 0.0594. The minimum Gasteiger partial charge on any atom is -0.464 e. The van der Waals surface area contributed by atoms with Crippen molar-refractivity contribution in [2.45, 2.75) is 6.92 Å². The molecule has 2 aromatic carbocycles. The van der Waals surface area contributed by atoms with E-state index >= 15 is 4.39 Å². The molecule has 1 aliphatic heterocycles. The first-order valence-corrected chi connectivity index (χ1v) is 12.9. The Morgan fingerprint density at radius 2 is 1.92 bits per heavy atom. The number of nitriles is 1. The molecule has 0 bridgehead atoms. The zero-order chi connectivity index (χ0) is 26.8. The number of aromatic nitrogens is 2. The molecule has 0 amide bonds. The van der Waals surface area contributed by atoms with Gasteiger partial charge in [0.1, 0.15) is 28.0 Å². The van der Waals surface area contributed by atoms with E-state index in [0.717, 1.165) is 37.5 Å². The zero-order valence-corrected chi connectivity index (χ0v) is 21.6. The number of ether oxygens (including phenoxy) is 1. The van der Waals surface area contributed by atoms with E-state index in [1.165, 1.54) is 25.3 Å². The van der Waals surface area contributed by atoms with Crippen LogP contribution in [0.5, 0.6) is 0 Å². The minimum absolute atomic E-state index is 0.0380.